The van der Waals surface area contributed by atoms with Crippen molar-refractivity contribution in [2.75, 3.05) is 33.5 Å². The zero-order valence-corrected chi connectivity index (χ0v) is 7.07. The van der Waals surface area contributed by atoms with Gasteiger partial charge in [0.05, 0.1) is 0 Å². The largest absolute Gasteiger partial charge is 0.309 e. The van der Waals surface area contributed by atoms with Gasteiger partial charge in [-0.1, -0.05) is 0 Å². The normalized spacial score (nSPS) is 12.0. The second-order valence-corrected chi connectivity index (χ2v) is 3.47. The molecule has 2 heteroatoms. The van der Waals surface area contributed by atoms with Gasteiger partial charge in [-0.3, -0.25) is 0 Å². The van der Waals surface area contributed by atoms with Crippen LogP contribution >= 0.6 is 8.58 Å². The van der Waals surface area contributed by atoms with Crippen molar-refractivity contribution in [3.05, 3.63) is 0 Å². The molecule has 8 heavy (non-hydrogen) atoms. The summed E-state index contributed by atoms with van der Waals surface area (Å²) in [6, 6.07) is 0. The molecule has 0 rings (SSSR count). The molecule has 1 atom stereocenters. The van der Waals surface area contributed by atoms with E-state index in [1.54, 1.807) is 0 Å². The summed E-state index contributed by atoms with van der Waals surface area (Å²) in [6.45, 7) is 3.51. The average molecular weight is 133 g/mol. The Balaban J connectivity index is 2.72. The molecule has 0 aliphatic carbocycles. The maximum Gasteiger partial charge on any atom is -0.00216 e. The van der Waals surface area contributed by atoms with Crippen molar-refractivity contribution in [2.45, 2.75) is 6.42 Å². The highest BCUT2D eigenvalue weighted by Gasteiger charge is 1.86. The number of nitrogens with zero attached hydrogens (tertiary/aromatic N) is 1. The monoisotopic (exact) mass is 133 g/mol. The second-order valence-electron chi connectivity index (χ2n) is 2.26. The van der Waals surface area contributed by atoms with E-state index in [2.05, 4.69) is 25.7 Å². The van der Waals surface area contributed by atoms with Gasteiger partial charge in [0, 0.05) is 0 Å². The second kappa shape index (κ2) is 5.53. The molecule has 0 saturated heterocycles. The number of hydrogen-bond donors (Lipinski definition) is 0. The Morgan fingerprint density at radius 3 is 2.38 bits per heavy atom. The van der Waals surface area contributed by atoms with Gasteiger partial charge in [0.1, 0.15) is 0 Å². The van der Waals surface area contributed by atoms with Crippen LogP contribution in [0.1, 0.15) is 6.42 Å². The van der Waals surface area contributed by atoms with Crippen LogP contribution in [0.5, 0.6) is 0 Å². The first-order chi connectivity index (χ1) is 3.77. The van der Waals surface area contributed by atoms with E-state index in [0.29, 0.717) is 0 Å². The summed E-state index contributed by atoms with van der Waals surface area (Å²) >= 11 is 0. The molecule has 0 N–H and O–H groups in total. The lowest BCUT2D eigenvalue weighted by molar-refractivity contribution is 0.410. The third-order valence-electron chi connectivity index (χ3n) is 1.03. The highest BCUT2D eigenvalue weighted by molar-refractivity contribution is 7.36. The summed E-state index contributed by atoms with van der Waals surface area (Å²) in [5.41, 5.74) is 0. The van der Waals surface area contributed by atoms with E-state index in [-0.39, 0.29) is 0 Å². The molecule has 0 bridgehead atoms. The minimum atomic E-state index is 1.13. The molecule has 0 aliphatic rings. The van der Waals surface area contributed by atoms with Crippen LogP contribution in [0.25, 0.3) is 0 Å². The van der Waals surface area contributed by atoms with Crippen LogP contribution in [0.3, 0.4) is 0 Å². The molecule has 0 amide bonds. The summed E-state index contributed by atoms with van der Waals surface area (Å²) in [5, 5.41) is 0. The predicted octanol–water partition coefficient (Wildman–Crippen LogP) is 1.25. The van der Waals surface area contributed by atoms with Gasteiger partial charge in [0.2, 0.25) is 0 Å². The standard InChI is InChI=1S/C6H16NP/c1-7(2)5-4-6-8-3/h8H,4-6H2,1-3H3. The van der Waals surface area contributed by atoms with Crippen LogP contribution in [0.2, 0.25) is 0 Å². The van der Waals surface area contributed by atoms with Crippen LogP contribution in [-0.4, -0.2) is 38.4 Å². The first-order valence-electron chi connectivity index (χ1n) is 3.06. The summed E-state index contributed by atoms with van der Waals surface area (Å²) in [6.07, 6.45) is 2.76. The maximum absolute atomic E-state index is 2.26. The maximum atomic E-state index is 2.26. The number of hydrogen-bond acceptors (Lipinski definition) is 1. The van der Waals surface area contributed by atoms with Crippen molar-refractivity contribution < 1.29 is 0 Å². The van der Waals surface area contributed by atoms with E-state index in [0.717, 1.165) is 8.58 Å². The zero-order valence-electron chi connectivity index (χ0n) is 6.07. The summed E-state index contributed by atoms with van der Waals surface area (Å²) in [5.74, 6) is 0. The van der Waals surface area contributed by atoms with Crippen molar-refractivity contribution in [1.29, 1.82) is 0 Å². The predicted molar refractivity (Wildman–Crippen MR) is 42.3 cm³/mol. The molecular weight excluding hydrogens is 117 g/mol. The van der Waals surface area contributed by atoms with Crippen LogP contribution in [0, 0.1) is 0 Å². The van der Waals surface area contributed by atoms with E-state index >= 15 is 0 Å². The van der Waals surface area contributed by atoms with Gasteiger partial charge in [0.15, 0.2) is 0 Å². The first-order valence-corrected chi connectivity index (χ1v) is 4.77. The summed E-state index contributed by atoms with van der Waals surface area (Å²) in [7, 11) is 5.38. The SMILES string of the molecule is CPCCCN(C)C. The molecule has 0 spiro atoms. The summed E-state index contributed by atoms with van der Waals surface area (Å²) in [4.78, 5) is 2.24. The molecular formula is C6H16NP. The van der Waals surface area contributed by atoms with Crippen LogP contribution < -0.4 is 0 Å². The Morgan fingerprint density at radius 2 is 2.00 bits per heavy atom. The van der Waals surface area contributed by atoms with Crippen molar-refractivity contribution in [1.82, 2.24) is 4.90 Å². The Bertz CT molecular complexity index is 45.8. The lowest BCUT2D eigenvalue weighted by Gasteiger charge is -2.06. The number of rotatable bonds is 4. The van der Waals surface area contributed by atoms with E-state index in [1.807, 2.05) is 0 Å². The third kappa shape index (κ3) is 6.39. The van der Waals surface area contributed by atoms with Gasteiger partial charge in [-0.05, 0) is 39.9 Å². The first kappa shape index (κ1) is 8.39. The van der Waals surface area contributed by atoms with Gasteiger partial charge in [0.25, 0.3) is 0 Å². The third-order valence-corrected chi connectivity index (χ3v) is 1.89. The Labute approximate surface area is 54.2 Å². The molecule has 0 aromatic heterocycles. The highest BCUT2D eigenvalue weighted by Crippen LogP contribution is 2.02. The van der Waals surface area contributed by atoms with Gasteiger partial charge < -0.3 is 4.90 Å². The molecule has 0 saturated carbocycles. The zero-order chi connectivity index (χ0) is 6.41. The Kier molecular flexibility index (Phi) is 5.79. The molecule has 1 nitrogen and oxygen atoms in total. The van der Waals surface area contributed by atoms with E-state index < -0.39 is 0 Å². The van der Waals surface area contributed by atoms with Crippen LogP contribution in [0.4, 0.5) is 0 Å². The van der Waals surface area contributed by atoms with Gasteiger partial charge in [-0.15, -0.1) is 8.58 Å². The smallest absolute Gasteiger partial charge is 0.00216 e. The lowest BCUT2D eigenvalue weighted by atomic mass is 10.5. The quantitative estimate of drug-likeness (QED) is 0.412. The minimum Gasteiger partial charge on any atom is -0.309 e. The molecule has 0 radical (unpaired) electrons. The topological polar surface area (TPSA) is 3.24 Å². The minimum absolute atomic E-state index is 1.13. The fraction of sp³-hybridized carbons (Fsp3) is 1.00. The van der Waals surface area contributed by atoms with Gasteiger partial charge >= 0.3 is 0 Å². The van der Waals surface area contributed by atoms with Gasteiger partial charge in [-0.25, -0.2) is 0 Å². The summed E-state index contributed by atoms with van der Waals surface area (Å²) < 4.78 is 0. The molecule has 0 heterocycles. The van der Waals surface area contributed by atoms with Crippen molar-refractivity contribution in [3.63, 3.8) is 0 Å². The fourth-order valence-electron chi connectivity index (χ4n) is 0.572. The van der Waals surface area contributed by atoms with Crippen molar-refractivity contribution in [2.24, 2.45) is 0 Å². The van der Waals surface area contributed by atoms with E-state index in [9.17, 15) is 0 Å². The Hall–Kier alpha value is 0.390. The fourth-order valence-corrected chi connectivity index (χ4v) is 1.08. The van der Waals surface area contributed by atoms with Crippen molar-refractivity contribution >= 4 is 8.58 Å². The van der Waals surface area contributed by atoms with Crippen LogP contribution in [-0.2, 0) is 0 Å². The lowest BCUT2D eigenvalue weighted by Crippen LogP contribution is -2.13. The Morgan fingerprint density at radius 1 is 1.38 bits per heavy atom. The molecule has 0 aromatic carbocycles. The molecule has 1 unspecified atom stereocenters. The van der Waals surface area contributed by atoms with E-state index in [1.165, 1.54) is 19.1 Å². The molecule has 0 aromatic rings. The van der Waals surface area contributed by atoms with Crippen LogP contribution in [0.15, 0.2) is 0 Å². The highest BCUT2D eigenvalue weighted by atomic mass is 31.1. The molecule has 50 valence electrons. The van der Waals surface area contributed by atoms with Crippen molar-refractivity contribution in [3.8, 4) is 0 Å². The molecule has 0 aliphatic heterocycles. The van der Waals surface area contributed by atoms with E-state index in [4.69, 9.17) is 0 Å². The molecule has 0 fully saturated rings. The average Bonchev–Trinajstić information content (AvgIpc) is 1.66. The van der Waals surface area contributed by atoms with Gasteiger partial charge in [-0.2, -0.15) is 0 Å².